The van der Waals surface area contributed by atoms with Crippen molar-refractivity contribution in [3.05, 3.63) is 23.8 Å². The lowest BCUT2D eigenvalue weighted by Crippen LogP contribution is -2.51. The summed E-state index contributed by atoms with van der Waals surface area (Å²) in [7, 11) is 0. The Morgan fingerprint density at radius 1 is 1.32 bits per heavy atom. The van der Waals surface area contributed by atoms with Crippen LogP contribution >= 0.6 is 0 Å². The van der Waals surface area contributed by atoms with Gasteiger partial charge >= 0.3 is 0 Å². The summed E-state index contributed by atoms with van der Waals surface area (Å²) in [5.74, 6) is 0.973. The molecular formula is C17H24N2O3. The molecule has 0 bridgehead atoms. The van der Waals surface area contributed by atoms with E-state index in [1.807, 2.05) is 25.1 Å². The number of anilines is 1. The number of ether oxygens (including phenoxy) is 2. The number of benzene rings is 1. The van der Waals surface area contributed by atoms with Gasteiger partial charge in [0, 0.05) is 25.2 Å². The number of Topliss-reactive ketones (excluding diaryl/α,β-unsaturated/α-hetero) is 1. The Kier molecular flexibility index (Phi) is 4.36. The van der Waals surface area contributed by atoms with Gasteiger partial charge in [-0.05, 0) is 39.0 Å². The second-order valence-corrected chi connectivity index (χ2v) is 6.24. The largest absolute Gasteiger partial charge is 0.490 e. The Morgan fingerprint density at radius 2 is 2.05 bits per heavy atom. The number of carbonyl (C=O) groups excluding carboxylic acids is 1. The molecule has 2 aliphatic heterocycles. The van der Waals surface area contributed by atoms with Gasteiger partial charge < -0.3 is 14.8 Å². The van der Waals surface area contributed by atoms with E-state index in [-0.39, 0.29) is 24.0 Å². The topological polar surface area (TPSA) is 50.8 Å². The summed E-state index contributed by atoms with van der Waals surface area (Å²) in [6, 6.07) is 5.50. The van der Waals surface area contributed by atoms with Crippen molar-refractivity contribution in [2.75, 3.05) is 31.6 Å². The zero-order valence-electron chi connectivity index (χ0n) is 13.5. The Balaban J connectivity index is 1.75. The van der Waals surface area contributed by atoms with Crippen LogP contribution in [0.25, 0.3) is 0 Å². The second kappa shape index (κ2) is 6.26. The van der Waals surface area contributed by atoms with Crippen LogP contribution in [0.1, 0.15) is 31.1 Å². The van der Waals surface area contributed by atoms with Gasteiger partial charge in [0.05, 0.1) is 23.9 Å². The highest BCUT2D eigenvalue weighted by Gasteiger charge is 2.30. The molecule has 0 amide bonds. The molecule has 5 heteroatoms. The highest BCUT2D eigenvalue weighted by molar-refractivity contribution is 6.01. The molecule has 0 radical (unpaired) electrons. The second-order valence-electron chi connectivity index (χ2n) is 6.24. The minimum absolute atomic E-state index is 0.142. The van der Waals surface area contributed by atoms with Crippen LogP contribution in [0.2, 0.25) is 0 Å². The zero-order valence-corrected chi connectivity index (χ0v) is 13.5. The number of ketones is 1. The van der Waals surface area contributed by atoms with E-state index in [4.69, 9.17) is 9.47 Å². The Bertz CT molecular complexity index is 551. The Hall–Kier alpha value is -1.59. The van der Waals surface area contributed by atoms with Crippen molar-refractivity contribution in [2.45, 2.75) is 39.0 Å². The van der Waals surface area contributed by atoms with Crippen LogP contribution in [0.5, 0.6) is 5.75 Å². The summed E-state index contributed by atoms with van der Waals surface area (Å²) in [4.78, 5) is 15.0. The lowest BCUT2D eigenvalue weighted by Gasteiger charge is -2.38. The molecule has 1 N–H and O–H groups in total. The van der Waals surface area contributed by atoms with Crippen LogP contribution in [0.3, 0.4) is 0 Å². The lowest BCUT2D eigenvalue weighted by atomic mass is 10.0. The number of carbonyl (C=O) groups is 1. The molecule has 0 aliphatic carbocycles. The van der Waals surface area contributed by atoms with Crippen LogP contribution in [0.15, 0.2) is 18.2 Å². The van der Waals surface area contributed by atoms with Crippen LogP contribution in [-0.4, -0.2) is 55.2 Å². The maximum Gasteiger partial charge on any atom is 0.179 e. The number of nitrogens with one attached hydrogen (secondary N) is 1. The van der Waals surface area contributed by atoms with Gasteiger partial charge in [0.2, 0.25) is 0 Å². The van der Waals surface area contributed by atoms with E-state index in [1.165, 1.54) is 0 Å². The van der Waals surface area contributed by atoms with Crippen molar-refractivity contribution in [3.63, 3.8) is 0 Å². The molecule has 3 atom stereocenters. The smallest absolute Gasteiger partial charge is 0.179 e. The van der Waals surface area contributed by atoms with Crippen LogP contribution < -0.4 is 10.1 Å². The minimum Gasteiger partial charge on any atom is -0.490 e. The Labute approximate surface area is 131 Å². The van der Waals surface area contributed by atoms with Gasteiger partial charge in [0.15, 0.2) is 5.78 Å². The van der Waals surface area contributed by atoms with Gasteiger partial charge in [-0.2, -0.15) is 0 Å². The maximum absolute atomic E-state index is 12.8. The third-order valence-electron chi connectivity index (χ3n) is 4.31. The molecule has 1 fully saturated rings. The number of morpholine rings is 1. The standard InChI is InChI=1S/C17H24N2O3/c1-11-9-19(10-12(2)22-11)13(3)17(20)14-4-5-16-15(8-14)18-6-7-21-16/h4-5,8,11-13,18H,6-7,9-10H2,1-3H3. The molecule has 1 saturated heterocycles. The average molecular weight is 304 g/mol. The fourth-order valence-electron chi connectivity index (χ4n) is 3.23. The number of fused-ring (bicyclic) bond motifs is 1. The first kappa shape index (κ1) is 15.3. The van der Waals surface area contributed by atoms with E-state index in [0.717, 1.165) is 36.6 Å². The predicted octanol–water partition coefficient (Wildman–Crippen LogP) is 2.17. The monoisotopic (exact) mass is 304 g/mol. The molecule has 3 unspecified atom stereocenters. The first-order chi connectivity index (χ1) is 10.5. The van der Waals surface area contributed by atoms with Crippen molar-refractivity contribution in [1.82, 2.24) is 4.90 Å². The molecule has 2 aliphatic rings. The summed E-state index contributed by atoms with van der Waals surface area (Å²) < 4.78 is 11.3. The third-order valence-corrected chi connectivity index (χ3v) is 4.31. The zero-order chi connectivity index (χ0) is 15.7. The van der Waals surface area contributed by atoms with Crippen molar-refractivity contribution < 1.29 is 14.3 Å². The van der Waals surface area contributed by atoms with Crippen LogP contribution in [-0.2, 0) is 4.74 Å². The van der Waals surface area contributed by atoms with Gasteiger partial charge in [-0.1, -0.05) is 0 Å². The molecule has 0 saturated carbocycles. The predicted molar refractivity (Wildman–Crippen MR) is 85.8 cm³/mol. The van der Waals surface area contributed by atoms with E-state index in [1.54, 1.807) is 0 Å². The van der Waals surface area contributed by atoms with Gasteiger partial charge in [-0.25, -0.2) is 0 Å². The molecule has 2 heterocycles. The maximum atomic E-state index is 12.8. The molecule has 1 aromatic carbocycles. The number of hydrogen-bond acceptors (Lipinski definition) is 5. The molecule has 3 rings (SSSR count). The third kappa shape index (κ3) is 3.10. The Morgan fingerprint density at radius 3 is 2.77 bits per heavy atom. The van der Waals surface area contributed by atoms with Gasteiger partial charge in [0.1, 0.15) is 12.4 Å². The highest BCUT2D eigenvalue weighted by Crippen LogP contribution is 2.29. The minimum atomic E-state index is -0.142. The normalized spacial score (nSPS) is 26.5. The molecular weight excluding hydrogens is 280 g/mol. The van der Waals surface area contributed by atoms with Crippen molar-refractivity contribution in [1.29, 1.82) is 0 Å². The fraction of sp³-hybridized carbons (Fsp3) is 0.588. The van der Waals surface area contributed by atoms with Crippen LogP contribution in [0.4, 0.5) is 5.69 Å². The number of hydrogen-bond donors (Lipinski definition) is 1. The SMILES string of the molecule is CC1CN(C(C)C(=O)c2ccc3c(c2)NCCO3)CC(C)O1. The summed E-state index contributed by atoms with van der Waals surface area (Å²) >= 11 is 0. The summed E-state index contributed by atoms with van der Waals surface area (Å²) in [5.41, 5.74) is 1.64. The van der Waals surface area contributed by atoms with E-state index in [0.29, 0.717) is 6.61 Å². The summed E-state index contributed by atoms with van der Waals surface area (Å²) in [5, 5.41) is 3.28. The first-order valence-electron chi connectivity index (χ1n) is 7.99. The van der Waals surface area contributed by atoms with Crippen LogP contribution in [0, 0.1) is 0 Å². The molecule has 1 aromatic rings. The lowest BCUT2D eigenvalue weighted by molar-refractivity contribution is -0.0744. The summed E-state index contributed by atoms with van der Waals surface area (Å²) in [6.07, 6.45) is 0.329. The van der Waals surface area contributed by atoms with E-state index >= 15 is 0 Å². The van der Waals surface area contributed by atoms with Crippen molar-refractivity contribution in [3.8, 4) is 5.75 Å². The number of nitrogens with zero attached hydrogens (tertiary/aromatic N) is 1. The first-order valence-corrected chi connectivity index (χ1v) is 7.99. The molecule has 5 nitrogen and oxygen atoms in total. The van der Waals surface area contributed by atoms with E-state index in [9.17, 15) is 4.79 Å². The van der Waals surface area contributed by atoms with Crippen molar-refractivity contribution in [2.24, 2.45) is 0 Å². The summed E-state index contributed by atoms with van der Waals surface area (Å²) in [6.45, 7) is 9.13. The molecule has 22 heavy (non-hydrogen) atoms. The fourth-order valence-corrected chi connectivity index (χ4v) is 3.23. The molecule has 0 spiro atoms. The van der Waals surface area contributed by atoms with E-state index < -0.39 is 0 Å². The van der Waals surface area contributed by atoms with Gasteiger partial charge in [-0.3, -0.25) is 9.69 Å². The van der Waals surface area contributed by atoms with Gasteiger partial charge in [0.25, 0.3) is 0 Å². The van der Waals surface area contributed by atoms with Crippen molar-refractivity contribution >= 4 is 11.5 Å². The van der Waals surface area contributed by atoms with Gasteiger partial charge in [-0.15, -0.1) is 0 Å². The highest BCUT2D eigenvalue weighted by atomic mass is 16.5. The van der Waals surface area contributed by atoms with E-state index in [2.05, 4.69) is 24.1 Å². The molecule has 0 aromatic heterocycles. The average Bonchev–Trinajstić information content (AvgIpc) is 2.52. The number of rotatable bonds is 3. The quantitative estimate of drug-likeness (QED) is 0.867. The molecule has 120 valence electrons.